The quantitative estimate of drug-likeness (QED) is 0.151. The fourth-order valence-corrected chi connectivity index (χ4v) is 13.3. The Bertz CT molecular complexity index is 5280. The van der Waals surface area contributed by atoms with E-state index in [1.807, 2.05) is 0 Å². The van der Waals surface area contributed by atoms with Gasteiger partial charge in [-0.05, 0) is 185 Å². The van der Waals surface area contributed by atoms with Crippen molar-refractivity contribution in [1.29, 1.82) is 0 Å². The molecule has 0 spiro atoms. The van der Waals surface area contributed by atoms with Crippen LogP contribution in [0.3, 0.4) is 0 Å². The molecule has 0 saturated heterocycles. The molecule has 1 aromatic heterocycles. The lowest BCUT2D eigenvalue weighted by Gasteiger charge is -2.18. The van der Waals surface area contributed by atoms with Crippen molar-refractivity contribution >= 4 is 97.3 Å². The molecule has 0 atom stereocenters. The van der Waals surface area contributed by atoms with E-state index in [0.717, 1.165) is 21.9 Å². The fraction of sp³-hybridized carbons (Fsp3) is 0. The second-order valence-corrected chi connectivity index (χ2v) is 21.8. The van der Waals surface area contributed by atoms with Crippen molar-refractivity contribution in [3.63, 3.8) is 0 Å². The van der Waals surface area contributed by atoms with Crippen LogP contribution < -0.4 is 0 Å². The van der Waals surface area contributed by atoms with Crippen LogP contribution in [-0.4, -0.2) is 0 Å². The van der Waals surface area contributed by atoms with Crippen LogP contribution in [0.5, 0.6) is 0 Å². The average Bonchev–Trinajstić information content (AvgIpc) is 3.41. The molecule has 386 valence electrons. The zero-order valence-electron chi connectivity index (χ0n) is 45.4. The number of fused-ring (bicyclic) bond motifs is 10. The van der Waals surface area contributed by atoms with Crippen molar-refractivity contribution in [2.24, 2.45) is 0 Å². The minimum Gasteiger partial charge on any atom is -0.456 e. The summed E-state index contributed by atoms with van der Waals surface area (Å²) in [5.41, 5.74) is 16.8. The van der Waals surface area contributed by atoms with Gasteiger partial charge in [-0.1, -0.05) is 273 Å². The molecular weight excluding hydrogens is 1000 g/mol. The third-order valence-electron chi connectivity index (χ3n) is 17.0. The second-order valence-electron chi connectivity index (χ2n) is 21.8. The maximum atomic E-state index is 6.50. The van der Waals surface area contributed by atoms with Crippen molar-refractivity contribution in [3.8, 4) is 66.8 Å². The first-order valence-corrected chi connectivity index (χ1v) is 28.6. The molecule has 0 radical (unpaired) electrons. The molecule has 17 rings (SSSR count). The van der Waals surface area contributed by atoms with Gasteiger partial charge in [0.15, 0.2) is 0 Å². The van der Waals surface area contributed by atoms with Crippen LogP contribution in [0.25, 0.3) is 164 Å². The first kappa shape index (κ1) is 48.1. The highest BCUT2D eigenvalue weighted by molar-refractivity contribution is 6.27. The summed E-state index contributed by atoms with van der Waals surface area (Å²) in [5, 5.41) is 19.9. The van der Waals surface area contributed by atoms with E-state index in [9.17, 15) is 0 Å². The smallest absolute Gasteiger partial charge is 0.136 e. The van der Waals surface area contributed by atoms with Crippen LogP contribution in [0.1, 0.15) is 0 Å². The maximum Gasteiger partial charge on any atom is 0.136 e. The monoisotopic (exact) mass is 1050 g/mol. The lowest BCUT2D eigenvalue weighted by atomic mass is 9.84. The molecule has 83 heavy (non-hydrogen) atoms. The summed E-state index contributed by atoms with van der Waals surface area (Å²) >= 11 is 0. The van der Waals surface area contributed by atoms with Crippen LogP contribution in [0.4, 0.5) is 0 Å². The van der Waals surface area contributed by atoms with Gasteiger partial charge >= 0.3 is 0 Å². The topological polar surface area (TPSA) is 13.1 Å². The Balaban J connectivity index is 0.000000137. The van der Waals surface area contributed by atoms with E-state index in [-0.39, 0.29) is 0 Å². The summed E-state index contributed by atoms with van der Waals surface area (Å²) in [6.07, 6.45) is 0. The molecule has 1 nitrogen and oxygen atoms in total. The third kappa shape index (κ3) is 8.32. The summed E-state index contributed by atoms with van der Waals surface area (Å²) in [6.45, 7) is 0. The highest BCUT2D eigenvalue weighted by Crippen LogP contribution is 2.49. The maximum absolute atomic E-state index is 6.50. The summed E-state index contributed by atoms with van der Waals surface area (Å²) in [6, 6.07) is 114. The fourth-order valence-electron chi connectivity index (χ4n) is 13.3. The summed E-state index contributed by atoms with van der Waals surface area (Å²) < 4.78 is 6.50. The van der Waals surface area contributed by atoms with E-state index in [1.54, 1.807) is 0 Å². The van der Waals surface area contributed by atoms with Gasteiger partial charge in [0.2, 0.25) is 0 Å². The highest BCUT2D eigenvalue weighted by atomic mass is 16.3. The molecule has 0 bridgehead atoms. The number of furan rings is 1. The SMILES string of the molecule is c1cc(-c2ccc3ccccc3c2)cc(-c2c3ccccc3c(-c3ccc4ccccc4c3)c3ccccc23)c1.c1ccc(-c2cccc(-c3c4ccccc4c(-c4cccc5oc6cc7ccccc7cc6c45)c4ccccc34)c2)cc1. The predicted octanol–water partition coefficient (Wildman–Crippen LogP) is 23.3. The average molecular weight is 1050 g/mol. The Morgan fingerprint density at radius 2 is 0.506 bits per heavy atom. The van der Waals surface area contributed by atoms with Gasteiger partial charge < -0.3 is 4.42 Å². The Labute approximate surface area is 481 Å². The van der Waals surface area contributed by atoms with Gasteiger partial charge in [-0.15, -0.1) is 0 Å². The molecule has 0 fully saturated rings. The predicted molar refractivity (Wildman–Crippen MR) is 355 cm³/mol. The van der Waals surface area contributed by atoms with Crippen LogP contribution >= 0.6 is 0 Å². The minimum absolute atomic E-state index is 0.913. The Hall–Kier alpha value is -10.9. The van der Waals surface area contributed by atoms with Gasteiger partial charge in [-0.2, -0.15) is 0 Å². The summed E-state index contributed by atoms with van der Waals surface area (Å²) in [4.78, 5) is 0. The first-order chi connectivity index (χ1) is 41.2. The highest BCUT2D eigenvalue weighted by Gasteiger charge is 2.22. The molecule has 0 N–H and O–H groups in total. The molecule has 1 heterocycles. The third-order valence-corrected chi connectivity index (χ3v) is 17.0. The van der Waals surface area contributed by atoms with E-state index in [1.165, 1.54) is 142 Å². The molecule has 0 aliphatic carbocycles. The van der Waals surface area contributed by atoms with Crippen molar-refractivity contribution in [3.05, 3.63) is 315 Å². The van der Waals surface area contributed by atoms with Gasteiger partial charge in [-0.25, -0.2) is 0 Å². The molecule has 0 saturated carbocycles. The second kappa shape index (κ2) is 20.0. The van der Waals surface area contributed by atoms with Crippen LogP contribution in [0, 0.1) is 0 Å². The Morgan fingerprint density at radius 3 is 1.01 bits per heavy atom. The molecule has 0 aliphatic rings. The standard InChI is InChI=1S/C42H26O.C40H26/c1-2-12-27(13-3-1)28-16-10-17-31(24-28)40-32-18-6-8-20-34(32)41(35-21-9-7-19-33(35)40)36-22-11-23-38-42(36)37-25-29-14-4-5-15-30(29)26-39(37)43-38;1-3-12-29-24-32(22-20-27(29)10-1)31-14-9-15-33(26-31)39-35-16-5-7-18-37(35)40(38-19-8-6-17-36(38)39)34-23-21-28-11-2-4-13-30(28)25-34/h1-26H;1-26H. The van der Waals surface area contributed by atoms with Crippen molar-refractivity contribution in [1.82, 2.24) is 0 Å². The molecule has 16 aromatic carbocycles. The molecule has 0 amide bonds. The lowest BCUT2D eigenvalue weighted by Crippen LogP contribution is -1.91. The van der Waals surface area contributed by atoms with E-state index < -0.39 is 0 Å². The molecule has 1 heteroatoms. The van der Waals surface area contributed by atoms with Crippen LogP contribution in [0.2, 0.25) is 0 Å². The van der Waals surface area contributed by atoms with Gasteiger partial charge in [0.1, 0.15) is 11.2 Å². The minimum atomic E-state index is 0.913. The van der Waals surface area contributed by atoms with Crippen molar-refractivity contribution in [2.75, 3.05) is 0 Å². The van der Waals surface area contributed by atoms with Gasteiger partial charge in [-0.3, -0.25) is 0 Å². The zero-order chi connectivity index (χ0) is 54.8. The van der Waals surface area contributed by atoms with E-state index in [4.69, 9.17) is 4.42 Å². The van der Waals surface area contributed by atoms with Gasteiger partial charge in [0, 0.05) is 10.8 Å². The molecule has 0 unspecified atom stereocenters. The largest absolute Gasteiger partial charge is 0.456 e. The number of benzene rings is 16. The Morgan fingerprint density at radius 1 is 0.169 bits per heavy atom. The van der Waals surface area contributed by atoms with Crippen molar-refractivity contribution < 1.29 is 4.42 Å². The van der Waals surface area contributed by atoms with Gasteiger partial charge in [0.05, 0.1) is 0 Å². The lowest BCUT2D eigenvalue weighted by molar-refractivity contribution is 0.669. The van der Waals surface area contributed by atoms with Crippen LogP contribution in [-0.2, 0) is 0 Å². The van der Waals surface area contributed by atoms with Gasteiger partial charge in [0.25, 0.3) is 0 Å². The van der Waals surface area contributed by atoms with Crippen molar-refractivity contribution in [2.45, 2.75) is 0 Å². The molecular formula is C82H52O. The summed E-state index contributed by atoms with van der Waals surface area (Å²) in [5.74, 6) is 0. The van der Waals surface area contributed by atoms with E-state index >= 15 is 0 Å². The van der Waals surface area contributed by atoms with E-state index in [0.29, 0.717) is 0 Å². The zero-order valence-corrected chi connectivity index (χ0v) is 45.4. The number of hydrogen-bond acceptors (Lipinski definition) is 1. The molecule has 17 aromatic rings. The molecule has 0 aliphatic heterocycles. The van der Waals surface area contributed by atoms with E-state index in [2.05, 4.69) is 315 Å². The normalized spacial score (nSPS) is 11.6. The summed E-state index contributed by atoms with van der Waals surface area (Å²) in [7, 11) is 0. The number of rotatable bonds is 6. The Kier molecular flexibility index (Phi) is 11.6. The van der Waals surface area contributed by atoms with Crippen LogP contribution in [0.15, 0.2) is 320 Å². The number of hydrogen-bond donors (Lipinski definition) is 0. The first-order valence-electron chi connectivity index (χ1n) is 28.6.